The van der Waals surface area contributed by atoms with E-state index in [0.29, 0.717) is 11.7 Å². The zero-order chi connectivity index (χ0) is 13.0. The number of hydrogen-bond acceptors (Lipinski definition) is 4. The number of aromatic nitrogens is 2. The summed E-state index contributed by atoms with van der Waals surface area (Å²) in [5.41, 5.74) is -0.0264. The third-order valence-corrected chi connectivity index (χ3v) is 3.44. The van der Waals surface area contributed by atoms with Crippen LogP contribution in [0.4, 0.5) is 5.82 Å². The highest BCUT2D eigenvalue weighted by Crippen LogP contribution is 2.11. The monoisotopic (exact) mass is 250 g/mol. The van der Waals surface area contributed by atoms with Crippen LogP contribution >= 0.6 is 0 Å². The van der Waals surface area contributed by atoms with E-state index in [1.165, 1.54) is 0 Å². The average Bonchev–Trinajstić information content (AvgIpc) is 2.38. The molecule has 2 rings (SSSR count). The van der Waals surface area contributed by atoms with Crippen molar-refractivity contribution in [3.05, 3.63) is 22.7 Å². The molecular weight excluding hydrogens is 228 g/mol. The number of nitrogens with zero attached hydrogens (tertiary/aromatic N) is 2. The van der Waals surface area contributed by atoms with Crippen LogP contribution in [0.2, 0.25) is 0 Å². The van der Waals surface area contributed by atoms with Gasteiger partial charge in [0.05, 0.1) is 0 Å². The molecule has 1 aromatic heterocycles. The summed E-state index contributed by atoms with van der Waals surface area (Å²) in [7, 11) is 0. The quantitative estimate of drug-likeness (QED) is 0.844. The minimum Gasteiger partial charge on any atom is -0.365 e. The first-order valence-corrected chi connectivity index (χ1v) is 6.70. The Morgan fingerprint density at radius 1 is 1.50 bits per heavy atom. The molecule has 0 amide bonds. The van der Waals surface area contributed by atoms with Crippen molar-refractivity contribution in [1.29, 1.82) is 0 Å². The van der Waals surface area contributed by atoms with E-state index in [4.69, 9.17) is 0 Å². The van der Waals surface area contributed by atoms with Crippen LogP contribution in [0.1, 0.15) is 32.7 Å². The number of piperidine rings is 1. The highest BCUT2D eigenvalue weighted by atomic mass is 16.1. The molecule has 18 heavy (non-hydrogen) atoms. The van der Waals surface area contributed by atoms with E-state index in [0.717, 1.165) is 32.5 Å². The third-order valence-electron chi connectivity index (χ3n) is 3.44. The second-order valence-corrected chi connectivity index (χ2v) is 5.16. The first-order chi connectivity index (χ1) is 8.68. The minimum atomic E-state index is -0.0264. The Kier molecular flexibility index (Phi) is 4.36. The predicted octanol–water partition coefficient (Wildman–Crippen LogP) is 1.24. The second-order valence-electron chi connectivity index (χ2n) is 5.16. The van der Waals surface area contributed by atoms with Gasteiger partial charge in [-0.15, -0.1) is 0 Å². The molecular formula is C13H22N4O. The molecule has 100 valence electrons. The molecule has 1 aliphatic rings. The molecule has 2 heterocycles. The van der Waals surface area contributed by atoms with Crippen LogP contribution in [0.15, 0.2) is 17.2 Å². The van der Waals surface area contributed by atoms with E-state index in [1.807, 2.05) is 13.8 Å². The van der Waals surface area contributed by atoms with E-state index < -0.39 is 0 Å². The van der Waals surface area contributed by atoms with Gasteiger partial charge in [-0.1, -0.05) is 0 Å². The maximum atomic E-state index is 12.1. The molecule has 0 spiro atoms. The largest absolute Gasteiger partial charge is 0.365 e. The van der Waals surface area contributed by atoms with Crippen molar-refractivity contribution >= 4 is 5.82 Å². The number of hydrogen-bond donors (Lipinski definition) is 2. The van der Waals surface area contributed by atoms with Gasteiger partial charge >= 0.3 is 0 Å². The molecule has 1 aromatic rings. The van der Waals surface area contributed by atoms with Gasteiger partial charge in [-0.2, -0.15) is 0 Å². The van der Waals surface area contributed by atoms with E-state index in [-0.39, 0.29) is 11.6 Å². The Balaban J connectivity index is 2.00. The fraction of sp³-hybridized carbons (Fsp3) is 0.692. The Bertz CT molecular complexity index is 435. The predicted molar refractivity (Wildman–Crippen MR) is 73.0 cm³/mol. The van der Waals surface area contributed by atoms with Gasteiger partial charge in [0.1, 0.15) is 0 Å². The fourth-order valence-corrected chi connectivity index (χ4v) is 2.28. The van der Waals surface area contributed by atoms with Crippen molar-refractivity contribution in [2.75, 3.05) is 25.0 Å². The highest BCUT2D eigenvalue weighted by Gasteiger charge is 2.14. The summed E-state index contributed by atoms with van der Waals surface area (Å²) in [6.07, 6.45) is 5.76. The molecule has 1 aliphatic heterocycles. The molecule has 0 bridgehead atoms. The normalized spacial score (nSPS) is 17.1. The van der Waals surface area contributed by atoms with Crippen molar-refractivity contribution in [2.24, 2.45) is 5.92 Å². The number of rotatable bonds is 4. The standard InChI is InChI=1S/C13H22N4O/c1-10(2)17-8-7-15-12(13(17)18)16-9-11-3-5-14-6-4-11/h7-8,10-11,14H,3-6,9H2,1-2H3,(H,15,16). The Labute approximate surface area is 108 Å². The molecule has 1 saturated heterocycles. The van der Waals surface area contributed by atoms with Gasteiger partial charge in [-0.3, -0.25) is 4.79 Å². The number of anilines is 1. The first-order valence-electron chi connectivity index (χ1n) is 6.70. The Morgan fingerprint density at radius 3 is 2.89 bits per heavy atom. The van der Waals surface area contributed by atoms with Crippen molar-refractivity contribution in [2.45, 2.75) is 32.7 Å². The van der Waals surface area contributed by atoms with Gasteiger partial charge in [0.15, 0.2) is 5.82 Å². The third kappa shape index (κ3) is 3.10. The molecule has 0 atom stereocenters. The smallest absolute Gasteiger partial charge is 0.293 e. The summed E-state index contributed by atoms with van der Waals surface area (Å²) in [6, 6.07) is 0.167. The van der Waals surface area contributed by atoms with E-state index in [2.05, 4.69) is 15.6 Å². The van der Waals surface area contributed by atoms with Crippen molar-refractivity contribution in [3.63, 3.8) is 0 Å². The second kappa shape index (κ2) is 6.00. The molecule has 0 saturated carbocycles. The zero-order valence-electron chi connectivity index (χ0n) is 11.1. The van der Waals surface area contributed by atoms with Crippen LogP contribution in [0.25, 0.3) is 0 Å². The average molecular weight is 250 g/mol. The van der Waals surface area contributed by atoms with E-state index >= 15 is 0 Å². The first kappa shape index (κ1) is 13.1. The maximum absolute atomic E-state index is 12.1. The highest BCUT2D eigenvalue weighted by molar-refractivity contribution is 5.30. The van der Waals surface area contributed by atoms with Gasteiger partial charge in [0.2, 0.25) is 0 Å². The molecule has 2 N–H and O–H groups in total. The molecule has 0 aliphatic carbocycles. The summed E-state index contributed by atoms with van der Waals surface area (Å²) in [5, 5.41) is 6.54. The van der Waals surface area contributed by atoms with E-state index in [1.54, 1.807) is 17.0 Å². The van der Waals surface area contributed by atoms with Crippen LogP contribution < -0.4 is 16.2 Å². The lowest BCUT2D eigenvalue weighted by molar-refractivity contribution is 0.389. The van der Waals surface area contributed by atoms with Crippen LogP contribution in [0, 0.1) is 5.92 Å². The molecule has 0 unspecified atom stereocenters. The van der Waals surface area contributed by atoms with Crippen molar-refractivity contribution in [1.82, 2.24) is 14.9 Å². The summed E-state index contributed by atoms with van der Waals surface area (Å²) >= 11 is 0. The van der Waals surface area contributed by atoms with Gasteiger partial charge in [-0.05, 0) is 45.7 Å². The van der Waals surface area contributed by atoms with E-state index in [9.17, 15) is 4.79 Å². The maximum Gasteiger partial charge on any atom is 0.293 e. The topological polar surface area (TPSA) is 59.0 Å². The van der Waals surface area contributed by atoms with Gasteiger partial charge in [0, 0.05) is 25.0 Å². The lowest BCUT2D eigenvalue weighted by Gasteiger charge is -2.23. The summed E-state index contributed by atoms with van der Waals surface area (Å²) < 4.78 is 1.71. The summed E-state index contributed by atoms with van der Waals surface area (Å²) in [6.45, 7) is 6.98. The van der Waals surface area contributed by atoms with Crippen LogP contribution in [-0.4, -0.2) is 29.2 Å². The Morgan fingerprint density at radius 2 is 2.22 bits per heavy atom. The van der Waals surface area contributed by atoms with Gasteiger partial charge in [-0.25, -0.2) is 4.98 Å². The number of nitrogens with one attached hydrogen (secondary N) is 2. The fourth-order valence-electron chi connectivity index (χ4n) is 2.28. The Hall–Kier alpha value is -1.36. The van der Waals surface area contributed by atoms with Gasteiger partial charge in [0.25, 0.3) is 5.56 Å². The lowest BCUT2D eigenvalue weighted by Crippen LogP contribution is -2.33. The zero-order valence-corrected chi connectivity index (χ0v) is 11.1. The van der Waals surface area contributed by atoms with Crippen LogP contribution in [0.3, 0.4) is 0 Å². The summed E-state index contributed by atoms with van der Waals surface area (Å²) in [5.74, 6) is 1.12. The van der Waals surface area contributed by atoms with Crippen molar-refractivity contribution in [3.8, 4) is 0 Å². The molecule has 0 aromatic carbocycles. The minimum absolute atomic E-state index is 0.0264. The van der Waals surface area contributed by atoms with Crippen LogP contribution in [-0.2, 0) is 0 Å². The SMILES string of the molecule is CC(C)n1ccnc(NCC2CCNCC2)c1=O. The van der Waals surface area contributed by atoms with Gasteiger partial charge < -0.3 is 15.2 Å². The molecule has 0 radical (unpaired) electrons. The van der Waals surface area contributed by atoms with Crippen LogP contribution in [0.5, 0.6) is 0 Å². The molecule has 5 nitrogen and oxygen atoms in total. The van der Waals surface area contributed by atoms with Crippen molar-refractivity contribution < 1.29 is 0 Å². The molecule has 1 fully saturated rings. The summed E-state index contributed by atoms with van der Waals surface area (Å²) in [4.78, 5) is 16.3. The molecule has 5 heteroatoms. The lowest BCUT2D eigenvalue weighted by atomic mass is 9.98.